The van der Waals surface area contributed by atoms with E-state index in [-0.39, 0.29) is 10.8 Å². The fraction of sp³-hybridized carbons (Fsp3) is 0.0870. The number of nitrogens with one attached hydrogen (secondary N) is 1. The third kappa shape index (κ3) is 5.03. The summed E-state index contributed by atoms with van der Waals surface area (Å²) in [6.07, 6.45) is 6.15. The number of carbonyl (C=O) groups is 2. The van der Waals surface area contributed by atoms with Crippen molar-refractivity contribution in [2.75, 3.05) is 4.72 Å². The number of carbonyl (C=O) groups excluding carboxylic acids is 2. The van der Waals surface area contributed by atoms with Crippen molar-refractivity contribution in [3.05, 3.63) is 89.2 Å². The number of benzene rings is 2. The molecular weight excluding hydrogens is 478 g/mol. The van der Waals surface area contributed by atoms with Crippen molar-refractivity contribution >= 4 is 51.2 Å². The van der Waals surface area contributed by atoms with Crippen molar-refractivity contribution in [2.24, 2.45) is 11.0 Å². The van der Waals surface area contributed by atoms with E-state index in [1.165, 1.54) is 36.7 Å². The van der Waals surface area contributed by atoms with Crippen LogP contribution in [0.4, 0.5) is 5.95 Å². The maximum absolute atomic E-state index is 12.8. The van der Waals surface area contributed by atoms with Crippen LogP contribution < -0.4 is 4.72 Å². The molecule has 4 rings (SSSR count). The zero-order valence-electron chi connectivity index (χ0n) is 17.8. The van der Waals surface area contributed by atoms with Crippen molar-refractivity contribution in [3.8, 4) is 0 Å². The van der Waals surface area contributed by atoms with Crippen LogP contribution in [0.3, 0.4) is 0 Å². The summed E-state index contributed by atoms with van der Waals surface area (Å²) in [6, 6.07) is 13.8. The fourth-order valence-corrected chi connectivity index (χ4v) is 4.24. The van der Waals surface area contributed by atoms with Gasteiger partial charge < -0.3 is 0 Å². The van der Waals surface area contributed by atoms with Crippen molar-refractivity contribution in [1.82, 2.24) is 15.0 Å². The average molecular weight is 496 g/mol. The van der Waals surface area contributed by atoms with Gasteiger partial charge in [-0.25, -0.2) is 23.1 Å². The third-order valence-electron chi connectivity index (χ3n) is 4.93. The van der Waals surface area contributed by atoms with E-state index < -0.39 is 27.8 Å². The zero-order valence-corrected chi connectivity index (χ0v) is 19.4. The highest BCUT2D eigenvalue weighted by Gasteiger charge is 2.36. The van der Waals surface area contributed by atoms with Crippen molar-refractivity contribution < 1.29 is 18.0 Å². The summed E-state index contributed by atoms with van der Waals surface area (Å²) in [5, 5.41) is 5.44. The summed E-state index contributed by atoms with van der Waals surface area (Å²) in [7, 11) is -3.85. The standard InChI is InChI=1S/C23H18ClN5O4S/c1-15-20(22(31)29(27-15)21(30)17-6-8-18(24)9-7-17)12-5-16-3-10-19(11-4-16)34(32,33)28-23-25-13-2-14-26-23/h2-14,20H,1H3,(H,25,26,28)/b12-5+. The van der Waals surface area contributed by atoms with Crippen LogP contribution in [0.15, 0.2) is 83.1 Å². The van der Waals surface area contributed by atoms with Gasteiger partial charge >= 0.3 is 0 Å². The Kier molecular flexibility index (Phi) is 6.53. The summed E-state index contributed by atoms with van der Waals surface area (Å²) >= 11 is 5.85. The van der Waals surface area contributed by atoms with Gasteiger partial charge in [-0.1, -0.05) is 35.9 Å². The number of hydrogen-bond donors (Lipinski definition) is 1. The molecule has 1 aliphatic rings. The number of nitrogens with zero attached hydrogens (tertiary/aromatic N) is 4. The number of imide groups is 1. The van der Waals surface area contributed by atoms with Crippen LogP contribution in [0.1, 0.15) is 22.8 Å². The third-order valence-corrected chi connectivity index (χ3v) is 6.53. The highest BCUT2D eigenvalue weighted by molar-refractivity contribution is 7.92. The minimum Gasteiger partial charge on any atom is -0.271 e. The van der Waals surface area contributed by atoms with Gasteiger partial charge in [0, 0.05) is 23.0 Å². The molecule has 1 atom stereocenters. The fourth-order valence-electron chi connectivity index (χ4n) is 3.16. The van der Waals surface area contributed by atoms with Gasteiger partial charge in [-0.2, -0.15) is 10.1 Å². The molecule has 2 aromatic carbocycles. The Hall–Kier alpha value is -3.89. The van der Waals surface area contributed by atoms with Gasteiger partial charge in [-0.15, -0.1) is 0 Å². The van der Waals surface area contributed by atoms with Gasteiger partial charge in [0.05, 0.1) is 16.5 Å². The molecule has 0 bridgehead atoms. The first-order valence-corrected chi connectivity index (χ1v) is 11.9. The molecule has 1 unspecified atom stereocenters. The van der Waals surface area contributed by atoms with E-state index >= 15 is 0 Å². The van der Waals surface area contributed by atoms with Gasteiger partial charge in [-0.05, 0) is 55.0 Å². The number of sulfonamides is 1. The summed E-state index contributed by atoms with van der Waals surface area (Å²) in [5.74, 6) is -1.75. The lowest BCUT2D eigenvalue weighted by Gasteiger charge is -2.11. The molecule has 2 heterocycles. The predicted octanol–water partition coefficient (Wildman–Crippen LogP) is 3.62. The Balaban J connectivity index is 1.45. The first-order valence-electron chi connectivity index (χ1n) is 10.0. The number of amides is 2. The van der Waals surface area contributed by atoms with E-state index in [4.69, 9.17) is 11.6 Å². The molecule has 172 valence electrons. The van der Waals surface area contributed by atoms with Gasteiger partial charge in [0.25, 0.3) is 21.8 Å². The molecule has 9 nitrogen and oxygen atoms in total. The van der Waals surface area contributed by atoms with Crippen LogP contribution >= 0.6 is 11.6 Å². The Bertz CT molecular complexity index is 1390. The van der Waals surface area contributed by atoms with Crippen molar-refractivity contribution in [1.29, 1.82) is 0 Å². The molecule has 11 heteroatoms. The van der Waals surface area contributed by atoms with Crippen LogP contribution in [0, 0.1) is 5.92 Å². The molecule has 0 radical (unpaired) electrons. The average Bonchev–Trinajstić information content (AvgIpc) is 3.11. The summed E-state index contributed by atoms with van der Waals surface area (Å²) in [5.41, 5.74) is 1.43. The van der Waals surface area contributed by atoms with E-state index in [0.717, 1.165) is 5.01 Å². The lowest BCUT2D eigenvalue weighted by Crippen LogP contribution is -2.31. The summed E-state index contributed by atoms with van der Waals surface area (Å²) in [4.78, 5) is 33.2. The minimum absolute atomic E-state index is 0.0290. The Labute approximate surface area is 200 Å². The lowest BCUT2D eigenvalue weighted by molar-refractivity contribution is -0.128. The van der Waals surface area contributed by atoms with Crippen LogP contribution in [0.5, 0.6) is 0 Å². The van der Waals surface area contributed by atoms with Crippen LogP contribution in [-0.4, -0.2) is 40.9 Å². The number of hydrazone groups is 1. The lowest BCUT2D eigenvalue weighted by atomic mass is 10.0. The highest BCUT2D eigenvalue weighted by atomic mass is 35.5. The van der Waals surface area contributed by atoms with Gasteiger partial charge in [-0.3, -0.25) is 9.59 Å². The van der Waals surface area contributed by atoms with Crippen molar-refractivity contribution in [2.45, 2.75) is 11.8 Å². The topological polar surface area (TPSA) is 122 Å². The summed E-state index contributed by atoms with van der Waals surface area (Å²) < 4.78 is 27.3. The van der Waals surface area contributed by atoms with Crippen LogP contribution in [-0.2, 0) is 14.8 Å². The maximum Gasteiger partial charge on any atom is 0.281 e. The maximum atomic E-state index is 12.8. The molecule has 0 aliphatic carbocycles. The molecule has 2 amide bonds. The predicted molar refractivity (Wildman–Crippen MR) is 128 cm³/mol. The SMILES string of the molecule is CC1=NN(C(=O)c2ccc(Cl)cc2)C(=O)C1/C=C/c1ccc(S(=O)(=O)Nc2ncccn2)cc1. The number of rotatable bonds is 6. The number of aromatic nitrogens is 2. The number of hydrogen-bond acceptors (Lipinski definition) is 7. The number of anilines is 1. The van der Waals surface area contributed by atoms with E-state index in [9.17, 15) is 18.0 Å². The Morgan fingerprint density at radius 3 is 2.35 bits per heavy atom. The normalized spacial score (nSPS) is 16.1. The van der Waals surface area contributed by atoms with Gasteiger partial charge in [0.2, 0.25) is 5.95 Å². The first-order chi connectivity index (χ1) is 16.2. The second-order valence-electron chi connectivity index (χ2n) is 7.29. The van der Waals surface area contributed by atoms with E-state index in [1.807, 2.05) is 0 Å². The van der Waals surface area contributed by atoms with Crippen LogP contribution in [0.2, 0.25) is 5.02 Å². The minimum atomic E-state index is -3.85. The first kappa shape index (κ1) is 23.3. The van der Waals surface area contributed by atoms with Gasteiger partial charge in [0.1, 0.15) is 0 Å². The quantitative estimate of drug-likeness (QED) is 0.521. The van der Waals surface area contributed by atoms with Crippen LogP contribution in [0.25, 0.3) is 6.08 Å². The Morgan fingerprint density at radius 2 is 1.71 bits per heavy atom. The Morgan fingerprint density at radius 1 is 1.06 bits per heavy atom. The van der Waals surface area contributed by atoms with Gasteiger partial charge in [0.15, 0.2) is 0 Å². The molecule has 3 aromatic rings. The molecule has 0 spiro atoms. The molecule has 0 fully saturated rings. The molecule has 1 aliphatic heterocycles. The molecule has 1 N–H and O–H groups in total. The van der Waals surface area contributed by atoms with E-state index in [2.05, 4.69) is 19.8 Å². The smallest absolute Gasteiger partial charge is 0.271 e. The van der Waals surface area contributed by atoms with E-state index in [0.29, 0.717) is 21.9 Å². The molecule has 0 saturated carbocycles. The summed E-state index contributed by atoms with van der Waals surface area (Å²) in [6.45, 7) is 1.66. The second-order valence-corrected chi connectivity index (χ2v) is 9.41. The van der Waals surface area contributed by atoms with Crippen molar-refractivity contribution in [3.63, 3.8) is 0 Å². The van der Waals surface area contributed by atoms with E-state index in [1.54, 1.807) is 49.4 Å². The largest absolute Gasteiger partial charge is 0.281 e. The monoisotopic (exact) mass is 495 g/mol. The molecule has 0 saturated heterocycles. The molecule has 34 heavy (non-hydrogen) atoms. The molecular formula is C23H18ClN5O4S. The zero-order chi connectivity index (χ0) is 24.3. The molecule has 1 aromatic heterocycles. The second kappa shape index (κ2) is 9.54. The number of halogens is 1. The highest BCUT2D eigenvalue weighted by Crippen LogP contribution is 2.22.